The Labute approximate surface area is 145 Å². The van der Waals surface area contributed by atoms with E-state index in [1.165, 1.54) is 36.0 Å². The first kappa shape index (κ1) is 18.2. The van der Waals surface area contributed by atoms with E-state index >= 15 is 0 Å². The quantitative estimate of drug-likeness (QED) is 0.690. The van der Waals surface area contributed by atoms with Crippen molar-refractivity contribution in [2.45, 2.75) is 66.7 Å². The van der Waals surface area contributed by atoms with Crippen molar-refractivity contribution in [3.05, 3.63) is 40.2 Å². The van der Waals surface area contributed by atoms with Crippen molar-refractivity contribution in [3.8, 4) is 0 Å². The molecule has 0 amide bonds. The van der Waals surface area contributed by atoms with Crippen molar-refractivity contribution >= 4 is 17.3 Å². The van der Waals surface area contributed by atoms with Gasteiger partial charge in [0.1, 0.15) is 17.5 Å². The molecule has 0 fully saturated rings. The van der Waals surface area contributed by atoms with Crippen LogP contribution in [0, 0.1) is 27.7 Å². The summed E-state index contributed by atoms with van der Waals surface area (Å²) in [4.78, 5) is 8.99. The summed E-state index contributed by atoms with van der Waals surface area (Å²) in [6.07, 6.45) is 5.73. The molecule has 0 aliphatic heterocycles. The number of aromatic nitrogens is 2. The largest absolute Gasteiger partial charge is 0.383 e. The fraction of sp³-hybridized carbons (Fsp3) is 0.500. The van der Waals surface area contributed by atoms with E-state index in [1.54, 1.807) is 0 Å². The molecular formula is C20H30N4. The Morgan fingerprint density at radius 2 is 1.62 bits per heavy atom. The lowest BCUT2D eigenvalue weighted by molar-refractivity contribution is 0.666. The van der Waals surface area contributed by atoms with Gasteiger partial charge in [-0.15, -0.1) is 0 Å². The van der Waals surface area contributed by atoms with Gasteiger partial charge in [0, 0.05) is 11.3 Å². The molecule has 0 aliphatic carbocycles. The number of aryl methyl sites for hydroxylation is 4. The van der Waals surface area contributed by atoms with E-state index in [1.807, 2.05) is 6.92 Å². The Bertz CT molecular complexity index is 684. The lowest BCUT2D eigenvalue weighted by atomic mass is 10.0. The number of hydrogen-bond donors (Lipinski definition) is 2. The molecule has 0 aliphatic rings. The number of rotatable bonds is 7. The summed E-state index contributed by atoms with van der Waals surface area (Å²) >= 11 is 0. The standard InChI is InChI=1S/C20H30N4/c1-6-7-8-9-10-17-19(21)22-16(5)23-20(17)24-18-14(3)11-13(2)12-15(18)4/h11-12H,6-10H2,1-5H3,(H3,21,22,23,24). The number of nitrogens with two attached hydrogens (primary N) is 1. The molecule has 2 rings (SSSR count). The lowest BCUT2D eigenvalue weighted by Gasteiger charge is -2.17. The van der Waals surface area contributed by atoms with Crippen LogP contribution in [0.1, 0.15) is 60.7 Å². The number of anilines is 3. The predicted octanol–water partition coefficient (Wildman–Crippen LogP) is 5.16. The maximum Gasteiger partial charge on any atom is 0.139 e. The van der Waals surface area contributed by atoms with Crippen LogP contribution >= 0.6 is 0 Å². The molecule has 130 valence electrons. The van der Waals surface area contributed by atoms with Gasteiger partial charge in [-0.2, -0.15) is 0 Å². The van der Waals surface area contributed by atoms with Gasteiger partial charge < -0.3 is 11.1 Å². The van der Waals surface area contributed by atoms with Crippen molar-refractivity contribution in [1.82, 2.24) is 9.97 Å². The van der Waals surface area contributed by atoms with Crippen LogP contribution in [0.15, 0.2) is 12.1 Å². The van der Waals surface area contributed by atoms with Crippen molar-refractivity contribution in [2.75, 3.05) is 11.1 Å². The van der Waals surface area contributed by atoms with Crippen LogP contribution in [0.2, 0.25) is 0 Å². The minimum Gasteiger partial charge on any atom is -0.383 e. The Morgan fingerprint density at radius 3 is 2.25 bits per heavy atom. The van der Waals surface area contributed by atoms with E-state index < -0.39 is 0 Å². The minimum absolute atomic E-state index is 0.601. The molecule has 0 saturated carbocycles. The van der Waals surface area contributed by atoms with E-state index in [-0.39, 0.29) is 0 Å². The molecule has 1 aromatic heterocycles. The highest BCUT2D eigenvalue weighted by molar-refractivity contribution is 5.69. The first-order valence-corrected chi connectivity index (χ1v) is 8.90. The van der Waals surface area contributed by atoms with Crippen LogP contribution in [-0.4, -0.2) is 9.97 Å². The summed E-state index contributed by atoms with van der Waals surface area (Å²) in [5.74, 6) is 2.16. The highest BCUT2D eigenvalue weighted by atomic mass is 15.1. The van der Waals surface area contributed by atoms with Gasteiger partial charge in [-0.25, -0.2) is 9.97 Å². The van der Waals surface area contributed by atoms with Gasteiger partial charge in [-0.3, -0.25) is 0 Å². The molecule has 0 bridgehead atoms. The Kier molecular flexibility index (Phi) is 6.18. The number of nitrogens with zero attached hydrogens (tertiary/aromatic N) is 2. The highest BCUT2D eigenvalue weighted by Gasteiger charge is 2.13. The molecule has 0 spiro atoms. The first-order valence-electron chi connectivity index (χ1n) is 8.90. The zero-order valence-electron chi connectivity index (χ0n) is 15.7. The molecule has 2 aromatic rings. The topological polar surface area (TPSA) is 63.8 Å². The van der Waals surface area contributed by atoms with Crippen LogP contribution < -0.4 is 11.1 Å². The second kappa shape index (κ2) is 8.13. The number of unbranched alkanes of at least 4 members (excludes halogenated alkanes) is 3. The zero-order valence-corrected chi connectivity index (χ0v) is 15.7. The second-order valence-electron chi connectivity index (χ2n) is 6.69. The fourth-order valence-corrected chi connectivity index (χ4v) is 3.19. The monoisotopic (exact) mass is 326 g/mol. The Balaban J connectivity index is 2.32. The van der Waals surface area contributed by atoms with Crippen LogP contribution in [-0.2, 0) is 6.42 Å². The maximum atomic E-state index is 6.20. The molecule has 0 unspecified atom stereocenters. The normalized spacial score (nSPS) is 10.9. The van der Waals surface area contributed by atoms with E-state index in [0.29, 0.717) is 11.6 Å². The van der Waals surface area contributed by atoms with Gasteiger partial charge in [0.2, 0.25) is 0 Å². The van der Waals surface area contributed by atoms with Gasteiger partial charge in [0.15, 0.2) is 0 Å². The van der Waals surface area contributed by atoms with Crippen LogP contribution in [0.25, 0.3) is 0 Å². The first-order chi connectivity index (χ1) is 11.4. The van der Waals surface area contributed by atoms with Gasteiger partial charge >= 0.3 is 0 Å². The maximum absolute atomic E-state index is 6.20. The third kappa shape index (κ3) is 4.47. The third-order valence-electron chi connectivity index (χ3n) is 4.35. The Morgan fingerprint density at radius 1 is 0.958 bits per heavy atom. The van der Waals surface area contributed by atoms with E-state index in [9.17, 15) is 0 Å². The number of nitrogens with one attached hydrogen (secondary N) is 1. The average molecular weight is 326 g/mol. The average Bonchev–Trinajstić information content (AvgIpc) is 2.49. The smallest absolute Gasteiger partial charge is 0.139 e. The molecule has 4 heteroatoms. The SMILES string of the molecule is CCCCCCc1c(N)nc(C)nc1Nc1c(C)cc(C)cc1C. The number of nitrogen functional groups attached to an aromatic ring is 1. The van der Waals surface area contributed by atoms with E-state index in [0.717, 1.165) is 29.9 Å². The molecule has 0 saturated heterocycles. The van der Waals surface area contributed by atoms with Crippen LogP contribution in [0.5, 0.6) is 0 Å². The van der Waals surface area contributed by atoms with Gasteiger partial charge in [0.25, 0.3) is 0 Å². The van der Waals surface area contributed by atoms with Crippen molar-refractivity contribution in [2.24, 2.45) is 0 Å². The minimum atomic E-state index is 0.601. The molecule has 0 radical (unpaired) electrons. The molecule has 1 heterocycles. The summed E-state index contributed by atoms with van der Waals surface area (Å²) in [7, 11) is 0. The molecule has 4 nitrogen and oxygen atoms in total. The molecule has 3 N–H and O–H groups in total. The molecule has 0 atom stereocenters. The second-order valence-corrected chi connectivity index (χ2v) is 6.69. The zero-order chi connectivity index (χ0) is 17.7. The molecule has 1 aromatic carbocycles. The van der Waals surface area contributed by atoms with Crippen molar-refractivity contribution in [3.63, 3.8) is 0 Å². The lowest BCUT2D eigenvalue weighted by Crippen LogP contribution is -2.09. The van der Waals surface area contributed by atoms with E-state index in [4.69, 9.17) is 5.73 Å². The summed E-state index contributed by atoms with van der Waals surface area (Å²) in [5.41, 5.74) is 12.1. The van der Waals surface area contributed by atoms with E-state index in [2.05, 4.69) is 55.1 Å². The molecular weight excluding hydrogens is 296 g/mol. The van der Waals surface area contributed by atoms with Crippen molar-refractivity contribution in [1.29, 1.82) is 0 Å². The Hall–Kier alpha value is -2.10. The van der Waals surface area contributed by atoms with Crippen LogP contribution in [0.3, 0.4) is 0 Å². The van der Waals surface area contributed by atoms with Crippen molar-refractivity contribution < 1.29 is 0 Å². The summed E-state index contributed by atoms with van der Waals surface area (Å²) in [6.45, 7) is 10.5. The number of benzene rings is 1. The predicted molar refractivity (Wildman–Crippen MR) is 103 cm³/mol. The number of hydrogen-bond acceptors (Lipinski definition) is 4. The van der Waals surface area contributed by atoms with Crippen LogP contribution in [0.4, 0.5) is 17.3 Å². The molecule has 24 heavy (non-hydrogen) atoms. The summed E-state index contributed by atoms with van der Waals surface area (Å²) in [6, 6.07) is 4.38. The fourth-order valence-electron chi connectivity index (χ4n) is 3.19. The van der Waals surface area contributed by atoms with Gasteiger partial charge in [-0.05, 0) is 51.7 Å². The van der Waals surface area contributed by atoms with Gasteiger partial charge in [-0.1, -0.05) is 43.9 Å². The third-order valence-corrected chi connectivity index (χ3v) is 4.35. The van der Waals surface area contributed by atoms with Gasteiger partial charge in [0.05, 0.1) is 0 Å². The highest BCUT2D eigenvalue weighted by Crippen LogP contribution is 2.29. The summed E-state index contributed by atoms with van der Waals surface area (Å²) in [5, 5.41) is 3.53. The summed E-state index contributed by atoms with van der Waals surface area (Å²) < 4.78 is 0.